The van der Waals surface area contributed by atoms with Crippen molar-refractivity contribution in [2.75, 3.05) is 59.6 Å². The average Bonchev–Trinajstić information content (AvgIpc) is 3.36. The first-order valence-electron chi connectivity index (χ1n) is 11.5. The largest absolute Gasteiger partial charge is 0.494 e. The molecule has 9 heteroatoms. The van der Waals surface area contributed by atoms with Crippen molar-refractivity contribution in [2.45, 2.75) is 0 Å². The van der Waals surface area contributed by atoms with Crippen LogP contribution in [0, 0.1) is 0 Å². The standard InChI is InChI=1S/C25H28BrN5O3/c1-33-14-12-30-8-10-31(11-9-30)13-15-34-29-23-19-4-2-3-5-20(19)27-24(23)22-18-7-6-17(26)16-21(18)28-25(22)32/h2-7,16,28,32H,8-15H2,1H3/b29-23+. The summed E-state index contributed by atoms with van der Waals surface area (Å²) in [5.74, 6) is 0.0682. The molecule has 0 spiro atoms. The highest BCUT2D eigenvalue weighted by atomic mass is 79.9. The smallest absolute Gasteiger partial charge is 0.199 e. The Bertz CT molecular complexity index is 1230. The number of nitrogens with zero attached hydrogens (tertiary/aromatic N) is 4. The highest BCUT2D eigenvalue weighted by Gasteiger charge is 2.29. The Morgan fingerprint density at radius 1 is 1.06 bits per heavy atom. The van der Waals surface area contributed by atoms with Crippen molar-refractivity contribution in [3.8, 4) is 5.88 Å². The van der Waals surface area contributed by atoms with Crippen LogP contribution in [0.5, 0.6) is 5.88 Å². The van der Waals surface area contributed by atoms with Gasteiger partial charge in [0.15, 0.2) is 5.88 Å². The Morgan fingerprint density at radius 3 is 2.56 bits per heavy atom. The maximum Gasteiger partial charge on any atom is 0.199 e. The molecule has 2 aliphatic heterocycles. The Balaban J connectivity index is 1.30. The zero-order valence-electron chi connectivity index (χ0n) is 19.1. The van der Waals surface area contributed by atoms with Crippen LogP contribution >= 0.6 is 15.9 Å². The number of benzene rings is 2. The molecule has 3 aromatic rings. The van der Waals surface area contributed by atoms with Crippen molar-refractivity contribution in [1.29, 1.82) is 0 Å². The Hall–Kier alpha value is -2.72. The quantitative estimate of drug-likeness (QED) is 0.345. The molecule has 5 rings (SSSR count). The van der Waals surface area contributed by atoms with Gasteiger partial charge in [0.05, 0.1) is 23.4 Å². The summed E-state index contributed by atoms with van der Waals surface area (Å²) in [6, 6.07) is 13.7. The number of piperazine rings is 1. The molecule has 0 unspecified atom stereocenters. The third-order valence-electron chi connectivity index (χ3n) is 6.32. The minimum atomic E-state index is 0.0682. The van der Waals surface area contributed by atoms with E-state index >= 15 is 0 Å². The Morgan fingerprint density at radius 2 is 1.79 bits per heavy atom. The number of rotatable bonds is 8. The monoisotopic (exact) mass is 525 g/mol. The summed E-state index contributed by atoms with van der Waals surface area (Å²) < 4.78 is 6.11. The van der Waals surface area contributed by atoms with E-state index in [1.807, 2.05) is 42.5 Å². The number of halogens is 1. The third-order valence-corrected chi connectivity index (χ3v) is 6.82. The van der Waals surface area contributed by atoms with Crippen molar-refractivity contribution in [1.82, 2.24) is 14.8 Å². The fourth-order valence-corrected chi connectivity index (χ4v) is 4.83. The summed E-state index contributed by atoms with van der Waals surface area (Å²) in [5.41, 5.74) is 4.42. The molecule has 0 radical (unpaired) electrons. The van der Waals surface area contributed by atoms with E-state index < -0.39 is 0 Å². The molecular formula is C25H28BrN5O3. The number of fused-ring (bicyclic) bond motifs is 2. The number of para-hydroxylation sites is 1. The molecule has 0 amide bonds. The van der Waals surface area contributed by atoms with Gasteiger partial charge < -0.3 is 19.7 Å². The van der Waals surface area contributed by atoms with Gasteiger partial charge in [-0.05, 0) is 18.2 Å². The van der Waals surface area contributed by atoms with Crippen molar-refractivity contribution < 1.29 is 14.7 Å². The van der Waals surface area contributed by atoms with Gasteiger partial charge in [-0.25, -0.2) is 4.99 Å². The molecular weight excluding hydrogens is 498 g/mol. The molecule has 34 heavy (non-hydrogen) atoms. The number of aliphatic imine (C=N–C) groups is 1. The van der Waals surface area contributed by atoms with E-state index in [2.05, 4.69) is 35.9 Å². The van der Waals surface area contributed by atoms with Crippen LogP contribution < -0.4 is 0 Å². The fourth-order valence-electron chi connectivity index (χ4n) is 4.47. The van der Waals surface area contributed by atoms with Crippen LogP contribution in [-0.4, -0.2) is 90.9 Å². The number of nitrogens with one attached hydrogen (secondary N) is 1. The number of hydrogen-bond donors (Lipinski definition) is 2. The highest BCUT2D eigenvalue weighted by Crippen LogP contribution is 2.36. The van der Waals surface area contributed by atoms with E-state index in [-0.39, 0.29) is 5.88 Å². The number of oxime groups is 1. The van der Waals surface area contributed by atoms with E-state index in [1.165, 1.54) is 0 Å². The predicted octanol–water partition coefficient (Wildman–Crippen LogP) is 3.76. The Kier molecular flexibility index (Phi) is 6.96. The maximum absolute atomic E-state index is 10.7. The zero-order valence-corrected chi connectivity index (χ0v) is 20.7. The van der Waals surface area contributed by atoms with E-state index in [9.17, 15) is 5.11 Å². The second-order valence-corrected chi connectivity index (χ2v) is 9.38. The summed E-state index contributed by atoms with van der Waals surface area (Å²) in [6.07, 6.45) is 0. The van der Waals surface area contributed by atoms with E-state index in [0.29, 0.717) is 23.6 Å². The molecule has 0 bridgehead atoms. The van der Waals surface area contributed by atoms with E-state index in [4.69, 9.17) is 14.6 Å². The second kappa shape index (κ2) is 10.3. The number of aromatic nitrogens is 1. The van der Waals surface area contributed by atoms with E-state index in [1.54, 1.807) is 7.11 Å². The lowest BCUT2D eigenvalue weighted by atomic mass is 10.0. The molecule has 2 aliphatic rings. The van der Waals surface area contributed by atoms with Crippen LogP contribution in [0.15, 0.2) is 57.1 Å². The van der Waals surface area contributed by atoms with Gasteiger partial charge in [-0.1, -0.05) is 45.4 Å². The van der Waals surface area contributed by atoms with Gasteiger partial charge in [-0.3, -0.25) is 9.80 Å². The molecule has 1 fully saturated rings. The lowest BCUT2D eigenvalue weighted by Gasteiger charge is -2.34. The molecule has 8 nitrogen and oxygen atoms in total. The zero-order chi connectivity index (χ0) is 23.5. The molecule has 0 saturated carbocycles. The summed E-state index contributed by atoms with van der Waals surface area (Å²) in [7, 11) is 1.74. The number of hydrogen-bond acceptors (Lipinski definition) is 7. The fraction of sp³-hybridized carbons (Fsp3) is 0.360. The van der Waals surface area contributed by atoms with Crippen LogP contribution in [0.4, 0.5) is 5.69 Å². The van der Waals surface area contributed by atoms with Gasteiger partial charge in [0.1, 0.15) is 18.0 Å². The molecule has 2 aromatic carbocycles. The van der Waals surface area contributed by atoms with Crippen LogP contribution in [-0.2, 0) is 9.57 Å². The minimum Gasteiger partial charge on any atom is -0.494 e. The highest BCUT2D eigenvalue weighted by molar-refractivity contribution is 9.10. The van der Waals surface area contributed by atoms with Gasteiger partial charge in [-0.15, -0.1) is 0 Å². The van der Waals surface area contributed by atoms with Crippen LogP contribution in [0.1, 0.15) is 11.1 Å². The third kappa shape index (κ3) is 4.74. The molecule has 0 aliphatic carbocycles. The first-order chi connectivity index (χ1) is 16.6. The van der Waals surface area contributed by atoms with Crippen molar-refractivity contribution in [3.63, 3.8) is 0 Å². The summed E-state index contributed by atoms with van der Waals surface area (Å²) in [6.45, 7) is 7.16. The number of methoxy groups -OCH3 is 1. The SMILES string of the molecule is COCCN1CCN(CCO/N=C2/C(c3c(O)[nH]c4cc(Br)ccc34)=Nc3ccccc32)CC1. The molecule has 2 N–H and O–H groups in total. The lowest BCUT2D eigenvalue weighted by molar-refractivity contribution is 0.0678. The molecule has 0 atom stereocenters. The number of aromatic amines is 1. The number of ether oxygens (including phenoxy) is 1. The number of aromatic hydroxyl groups is 1. The maximum atomic E-state index is 10.7. The average molecular weight is 526 g/mol. The Labute approximate surface area is 207 Å². The first kappa shape index (κ1) is 23.0. The van der Waals surface area contributed by atoms with Gasteiger partial charge in [0, 0.05) is 61.8 Å². The van der Waals surface area contributed by atoms with Gasteiger partial charge >= 0.3 is 0 Å². The van der Waals surface area contributed by atoms with Crippen LogP contribution in [0.3, 0.4) is 0 Å². The normalized spacial score (nSPS) is 17.9. The van der Waals surface area contributed by atoms with Crippen molar-refractivity contribution in [2.24, 2.45) is 10.1 Å². The van der Waals surface area contributed by atoms with Gasteiger partial charge in [0.2, 0.25) is 0 Å². The minimum absolute atomic E-state index is 0.0682. The van der Waals surface area contributed by atoms with E-state index in [0.717, 1.165) is 72.5 Å². The van der Waals surface area contributed by atoms with Gasteiger partial charge in [-0.2, -0.15) is 0 Å². The second-order valence-electron chi connectivity index (χ2n) is 8.47. The summed E-state index contributed by atoms with van der Waals surface area (Å²) in [4.78, 5) is 18.5. The van der Waals surface area contributed by atoms with Crippen molar-refractivity contribution in [3.05, 3.63) is 58.1 Å². The van der Waals surface area contributed by atoms with Crippen molar-refractivity contribution >= 4 is 43.9 Å². The summed E-state index contributed by atoms with van der Waals surface area (Å²) in [5, 5.41) is 16.1. The number of H-pyrrole nitrogens is 1. The topological polar surface area (TPSA) is 85.7 Å². The lowest BCUT2D eigenvalue weighted by Crippen LogP contribution is -2.48. The predicted molar refractivity (Wildman–Crippen MR) is 138 cm³/mol. The molecule has 1 aromatic heterocycles. The first-order valence-corrected chi connectivity index (χ1v) is 12.3. The van der Waals surface area contributed by atoms with Gasteiger partial charge in [0.25, 0.3) is 0 Å². The molecule has 1 saturated heterocycles. The van der Waals surface area contributed by atoms with Crippen LogP contribution in [0.2, 0.25) is 0 Å². The van der Waals surface area contributed by atoms with Crippen LogP contribution in [0.25, 0.3) is 10.9 Å². The molecule has 178 valence electrons. The molecule has 3 heterocycles. The summed E-state index contributed by atoms with van der Waals surface area (Å²) >= 11 is 3.49.